The molecule has 0 aliphatic carbocycles. The predicted molar refractivity (Wildman–Crippen MR) is 66.6 cm³/mol. The Bertz CT molecular complexity index is 524. The van der Waals surface area contributed by atoms with Crippen molar-refractivity contribution >= 4 is 17.6 Å². The molecular formula is C10H12N6S. The van der Waals surface area contributed by atoms with E-state index in [1.54, 1.807) is 6.20 Å². The molecule has 1 aliphatic rings. The lowest BCUT2D eigenvalue weighted by Gasteiger charge is -2.08. The zero-order chi connectivity index (χ0) is 11.7. The van der Waals surface area contributed by atoms with E-state index < -0.39 is 0 Å². The molecule has 7 heteroatoms. The molecular weight excluding hydrogens is 236 g/mol. The fraction of sp³-hybridized carbons (Fsp3) is 0.400. The Labute approximate surface area is 103 Å². The van der Waals surface area contributed by atoms with Crippen LogP contribution in [0.4, 0.5) is 5.82 Å². The average Bonchev–Trinajstić information content (AvgIpc) is 3.00. The Morgan fingerprint density at radius 2 is 2.35 bits per heavy atom. The number of nitrogens with zero attached hydrogens (tertiary/aromatic N) is 4. The van der Waals surface area contributed by atoms with Crippen molar-refractivity contribution in [3.05, 3.63) is 17.5 Å². The monoisotopic (exact) mass is 248 g/mol. The second-order valence-electron chi connectivity index (χ2n) is 3.70. The van der Waals surface area contributed by atoms with Gasteiger partial charge < -0.3 is 5.32 Å². The van der Waals surface area contributed by atoms with E-state index in [4.69, 9.17) is 0 Å². The summed E-state index contributed by atoms with van der Waals surface area (Å²) in [5.74, 6) is 3.49. The first-order valence-corrected chi connectivity index (χ1v) is 6.61. The Morgan fingerprint density at radius 1 is 1.41 bits per heavy atom. The first-order valence-electron chi connectivity index (χ1n) is 5.46. The summed E-state index contributed by atoms with van der Waals surface area (Å²) >= 11 is 1.86. The first-order chi connectivity index (χ1) is 8.38. The van der Waals surface area contributed by atoms with Crippen LogP contribution in [-0.2, 0) is 11.5 Å². The van der Waals surface area contributed by atoms with Crippen molar-refractivity contribution in [3.63, 3.8) is 0 Å². The molecule has 6 nitrogen and oxygen atoms in total. The average molecular weight is 248 g/mol. The maximum absolute atomic E-state index is 4.54. The molecule has 0 unspecified atom stereocenters. The number of hydrogen-bond acceptors (Lipinski definition) is 6. The molecule has 0 saturated carbocycles. The summed E-state index contributed by atoms with van der Waals surface area (Å²) in [5.41, 5.74) is 3.02. The second kappa shape index (κ2) is 4.33. The highest BCUT2D eigenvalue weighted by Gasteiger charge is 2.20. The molecule has 2 aromatic heterocycles. The van der Waals surface area contributed by atoms with Crippen LogP contribution in [0.3, 0.4) is 0 Å². The molecule has 0 radical (unpaired) electrons. The van der Waals surface area contributed by atoms with Gasteiger partial charge in [0, 0.05) is 23.6 Å². The van der Waals surface area contributed by atoms with E-state index in [1.165, 1.54) is 5.56 Å². The zero-order valence-corrected chi connectivity index (χ0v) is 10.2. The summed E-state index contributed by atoms with van der Waals surface area (Å²) in [4.78, 5) is 9.06. The fourth-order valence-electron chi connectivity index (χ4n) is 1.79. The molecule has 0 aromatic carbocycles. The summed E-state index contributed by atoms with van der Waals surface area (Å²) in [5, 5.41) is 13.7. The molecule has 2 N–H and O–H groups in total. The van der Waals surface area contributed by atoms with Crippen molar-refractivity contribution in [2.75, 3.05) is 11.9 Å². The van der Waals surface area contributed by atoms with Crippen LogP contribution < -0.4 is 5.32 Å². The Balaban J connectivity index is 2.09. The van der Waals surface area contributed by atoms with Crippen LogP contribution in [0.2, 0.25) is 0 Å². The number of aromatic amines is 1. The highest BCUT2D eigenvalue weighted by molar-refractivity contribution is 7.98. The largest absolute Gasteiger partial charge is 0.370 e. The van der Waals surface area contributed by atoms with E-state index in [0.29, 0.717) is 11.5 Å². The van der Waals surface area contributed by atoms with Gasteiger partial charge in [0.1, 0.15) is 11.5 Å². The lowest BCUT2D eigenvalue weighted by atomic mass is 10.2. The molecule has 0 amide bonds. The number of nitrogens with one attached hydrogen (secondary N) is 2. The summed E-state index contributed by atoms with van der Waals surface area (Å²) in [7, 11) is 0. The molecule has 0 atom stereocenters. The smallest absolute Gasteiger partial charge is 0.184 e. The number of H-pyrrole nitrogens is 1. The van der Waals surface area contributed by atoms with Gasteiger partial charge in [0.15, 0.2) is 5.82 Å². The van der Waals surface area contributed by atoms with Crippen molar-refractivity contribution < 1.29 is 0 Å². The van der Waals surface area contributed by atoms with Crippen LogP contribution in [0.5, 0.6) is 0 Å². The Kier molecular flexibility index (Phi) is 2.68. The topological polar surface area (TPSA) is 79.4 Å². The molecule has 88 valence electrons. The number of anilines is 1. The molecule has 0 spiro atoms. The highest BCUT2D eigenvalue weighted by atomic mass is 32.2. The molecule has 3 heterocycles. The standard InChI is InChI=1S/C10H12N6S/c1-2-11-9-6-4-17-5-8(6)13-10(14-9)7-3-12-16-15-7/h3H,2,4-5H2,1H3,(H,11,13,14)(H,12,15,16). The minimum atomic E-state index is 0.635. The summed E-state index contributed by atoms with van der Waals surface area (Å²) < 4.78 is 0. The van der Waals surface area contributed by atoms with Crippen LogP contribution in [0.1, 0.15) is 18.2 Å². The van der Waals surface area contributed by atoms with Crippen molar-refractivity contribution in [1.29, 1.82) is 0 Å². The van der Waals surface area contributed by atoms with Gasteiger partial charge in [-0.25, -0.2) is 9.97 Å². The lowest BCUT2D eigenvalue weighted by Crippen LogP contribution is -2.06. The van der Waals surface area contributed by atoms with Crippen molar-refractivity contribution in [3.8, 4) is 11.5 Å². The molecule has 17 heavy (non-hydrogen) atoms. The van der Waals surface area contributed by atoms with Gasteiger partial charge in [0.25, 0.3) is 0 Å². The molecule has 0 bridgehead atoms. The third kappa shape index (κ3) is 1.86. The van der Waals surface area contributed by atoms with Gasteiger partial charge in [-0.15, -0.1) is 0 Å². The van der Waals surface area contributed by atoms with Crippen LogP contribution in [0, 0.1) is 0 Å². The van der Waals surface area contributed by atoms with Gasteiger partial charge in [-0.3, -0.25) is 0 Å². The van der Waals surface area contributed by atoms with E-state index in [2.05, 4.69) is 37.6 Å². The SMILES string of the molecule is CCNc1nc(-c2cn[nH]n2)nc2c1CSC2. The molecule has 3 rings (SSSR count). The minimum Gasteiger partial charge on any atom is -0.370 e. The maximum atomic E-state index is 4.54. The van der Waals surface area contributed by atoms with Gasteiger partial charge in [-0.05, 0) is 6.92 Å². The van der Waals surface area contributed by atoms with Crippen molar-refractivity contribution in [2.24, 2.45) is 0 Å². The van der Waals surface area contributed by atoms with Crippen molar-refractivity contribution in [1.82, 2.24) is 25.4 Å². The molecule has 0 fully saturated rings. The van der Waals surface area contributed by atoms with Crippen LogP contribution in [0.25, 0.3) is 11.5 Å². The van der Waals surface area contributed by atoms with Gasteiger partial charge in [-0.1, -0.05) is 0 Å². The number of rotatable bonds is 3. The van der Waals surface area contributed by atoms with E-state index >= 15 is 0 Å². The van der Waals surface area contributed by atoms with Crippen LogP contribution in [-0.4, -0.2) is 31.9 Å². The summed E-state index contributed by atoms with van der Waals surface area (Å²) in [6.45, 7) is 2.92. The summed E-state index contributed by atoms with van der Waals surface area (Å²) in [6.07, 6.45) is 1.64. The number of aromatic nitrogens is 5. The third-order valence-electron chi connectivity index (χ3n) is 2.57. The Morgan fingerprint density at radius 3 is 3.12 bits per heavy atom. The van der Waals surface area contributed by atoms with E-state index in [9.17, 15) is 0 Å². The van der Waals surface area contributed by atoms with Crippen molar-refractivity contribution in [2.45, 2.75) is 18.4 Å². The van der Waals surface area contributed by atoms with Gasteiger partial charge in [0.2, 0.25) is 0 Å². The van der Waals surface area contributed by atoms with Gasteiger partial charge in [-0.2, -0.15) is 27.2 Å². The van der Waals surface area contributed by atoms with E-state index in [-0.39, 0.29) is 0 Å². The predicted octanol–water partition coefficient (Wildman–Crippen LogP) is 1.44. The van der Waals surface area contributed by atoms with Crippen LogP contribution >= 0.6 is 11.8 Å². The maximum Gasteiger partial charge on any atom is 0.184 e. The van der Waals surface area contributed by atoms with Crippen LogP contribution in [0.15, 0.2) is 6.20 Å². The zero-order valence-electron chi connectivity index (χ0n) is 9.40. The second-order valence-corrected chi connectivity index (χ2v) is 4.69. The Hall–Kier alpha value is -1.63. The lowest BCUT2D eigenvalue weighted by molar-refractivity contribution is 0.936. The summed E-state index contributed by atoms with van der Waals surface area (Å²) in [6, 6.07) is 0. The third-order valence-corrected chi connectivity index (χ3v) is 3.54. The van der Waals surface area contributed by atoms with E-state index in [1.807, 2.05) is 11.8 Å². The highest BCUT2D eigenvalue weighted by Crippen LogP contribution is 2.33. The number of thioether (sulfide) groups is 1. The fourth-order valence-corrected chi connectivity index (χ4v) is 2.83. The molecule has 2 aromatic rings. The normalized spacial score (nSPS) is 13.7. The number of fused-ring (bicyclic) bond motifs is 1. The number of hydrogen-bond donors (Lipinski definition) is 2. The quantitative estimate of drug-likeness (QED) is 0.855. The van der Waals surface area contributed by atoms with Gasteiger partial charge in [0.05, 0.1) is 11.9 Å². The van der Waals surface area contributed by atoms with Gasteiger partial charge >= 0.3 is 0 Å². The first kappa shape index (κ1) is 10.5. The molecule has 1 aliphatic heterocycles. The van der Waals surface area contributed by atoms with E-state index in [0.717, 1.165) is 29.6 Å². The molecule has 0 saturated heterocycles. The minimum absolute atomic E-state index is 0.635.